The molecule has 0 spiro atoms. The fraction of sp³-hybridized carbons (Fsp3) is 0.292. The van der Waals surface area contributed by atoms with Crippen LogP contribution in [0.1, 0.15) is 26.2 Å². The molecule has 1 aromatic heterocycles. The maximum Gasteiger partial charge on any atom is 0.226 e. The topological polar surface area (TPSA) is 84.1 Å². The average molecular weight is 438 g/mol. The van der Waals surface area contributed by atoms with Gasteiger partial charge in [-0.3, -0.25) is 5.10 Å². The lowest BCUT2D eigenvalue weighted by molar-refractivity contribution is 0.308. The summed E-state index contributed by atoms with van der Waals surface area (Å²) in [6, 6.07) is 18.1. The van der Waals surface area contributed by atoms with Crippen LogP contribution >= 0.6 is 0 Å². The van der Waals surface area contributed by atoms with Crippen LogP contribution in [-0.4, -0.2) is 38.3 Å². The molecular formula is C24H27N3O3S. The molecule has 6 nitrogen and oxygen atoms in total. The molecule has 0 amide bonds. The third kappa shape index (κ3) is 4.57. The molecule has 0 saturated carbocycles. The SMILES string of the molecule is CCCCNCCCOc1ccc2[nH]nc(S(=O)(=O)c3cccc4ccccc34)c2c1. The highest BCUT2D eigenvalue weighted by Crippen LogP contribution is 2.32. The van der Waals surface area contributed by atoms with Crippen LogP contribution in [-0.2, 0) is 9.84 Å². The molecule has 0 aliphatic rings. The molecule has 0 aliphatic carbocycles. The van der Waals surface area contributed by atoms with Crippen LogP contribution in [0.3, 0.4) is 0 Å². The van der Waals surface area contributed by atoms with Crippen molar-refractivity contribution in [2.24, 2.45) is 0 Å². The Morgan fingerprint density at radius 1 is 0.968 bits per heavy atom. The van der Waals surface area contributed by atoms with Gasteiger partial charge in [-0.25, -0.2) is 8.42 Å². The highest BCUT2D eigenvalue weighted by Gasteiger charge is 2.25. The van der Waals surface area contributed by atoms with Crippen molar-refractivity contribution in [2.45, 2.75) is 36.1 Å². The van der Waals surface area contributed by atoms with Gasteiger partial charge < -0.3 is 10.1 Å². The summed E-state index contributed by atoms with van der Waals surface area (Å²) in [4.78, 5) is 0.253. The van der Waals surface area contributed by atoms with E-state index in [0.717, 1.165) is 24.9 Å². The highest BCUT2D eigenvalue weighted by molar-refractivity contribution is 7.91. The Balaban J connectivity index is 1.57. The normalized spacial score (nSPS) is 11.9. The predicted molar refractivity (Wildman–Crippen MR) is 123 cm³/mol. The second kappa shape index (κ2) is 9.49. The number of hydrogen-bond acceptors (Lipinski definition) is 5. The number of H-pyrrole nitrogens is 1. The van der Waals surface area contributed by atoms with Crippen LogP contribution in [0.5, 0.6) is 5.75 Å². The van der Waals surface area contributed by atoms with Gasteiger partial charge in [0.1, 0.15) is 5.75 Å². The fourth-order valence-corrected chi connectivity index (χ4v) is 5.18. The minimum atomic E-state index is -3.81. The van der Waals surface area contributed by atoms with Crippen molar-refractivity contribution >= 4 is 31.5 Å². The van der Waals surface area contributed by atoms with Crippen molar-refractivity contribution in [3.05, 3.63) is 60.7 Å². The van der Waals surface area contributed by atoms with Crippen LogP contribution in [0.4, 0.5) is 0 Å². The van der Waals surface area contributed by atoms with Gasteiger partial charge in [-0.05, 0) is 55.6 Å². The molecule has 0 atom stereocenters. The predicted octanol–water partition coefficient (Wildman–Crippen LogP) is 4.71. The van der Waals surface area contributed by atoms with E-state index in [9.17, 15) is 8.42 Å². The summed E-state index contributed by atoms with van der Waals surface area (Å²) in [6.07, 6.45) is 3.23. The van der Waals surface area contributed by atoms with E-state index in [1.165, 1.54) is 12.8 Å². The largest absolute Gasteiger partial charge is 0.494 e. The first-order chi connectivity index (χ1) is 15.1. The van der Waals surface area contributed by atoms with Gasteiger partial charge in [-0.2, -0.15) is 5.10 Å². The van der Waals surface area contributed by atoms with Crippen molar-refractivity contribution in [3.63, 3.8) is 0 Å². The number of aromatic nitrogens is 2. The lowest BCUT2D eigenvalue weighted by Gasteiger charge is -2.08. The summed E-state index contributed by atoms with van der Waals surface area (Å²) in [5.74, 6) is 0.636. The molecule has 0 bridgehead atoms. The zero-order valence-corrected chi connectivity index (χ0v) is 18.4. The zero-order chi connectivity index (χ0) is 21.7. The third-order valence-corrected chi connectivity index (χ3v) is 7.02. The van der Waals surface area contributed by atoms with Crippen LogP contribution in [0.2, 0.25) is 0 Å². The molecular weight excluding hydrogens is 410 g/mol. The molecule has 0 radical (unpaired) electrons. The molecule has 2 N–H and O–H groups in total. The van der Waals surface area contributed by atoms with E-state index in [0.29, 0.717) is 28.6 Å². The monoisotopic (exact) mass is 437 g/mol. The first-order valence-electron chi connectivity index (χ1n) is 10.7. The van der Waals surface area contributed by atoms with Gasteiger partial charge in [-0.1, -0.05) is 49.7 Å². The summed E-state index contributed by atoms with van der Waals surface area (Å²) in [5.41, 5.74) is 0.660. The lowest BCUT2D eigenvalue weighted by Crippen LogP contribution is -2.18. The number of ether oxygens (including phenoxy) is 1. The van der Waals surface area contributed by atoms with Crippen LogP contribution in [0, 0.1) is 0 Å². The maximum absolute atomic E-state index is 13.5. The molecule has 4 rings (SSSR count). The van der Waals surface area contributed by atoms with Gasteiger partial charge in [0.15, 0.2) is 5.03 Å². The van der Waals surface area contributed by atoms with E-state index < -0.39 is 9.84 Å². The Morgan fingerprint density at radius 2 is 1.77 bits per heavy atom. The smallest absolute Gasteiger partial charge is 0.226 e. The fourth-order valence-electron chi connectivity index (χ4n) is 3.61. The number of sulfone groups is 1. The molecule has 0 fully saturated rings. The van der Waals surface area contributed by atoms with Crippen molar-refractivity contribution in [1.82, 2.24) is 15.5 Å². The summed E-state index contributed by atoms with van der Waals surface area (Å²) < 4.78 is 32.8. The van der Waals surface area contributed by atoms with Crippen molar-refractivity contribution in [3.8, 4) is 5.75 Å². The van der Waals surface area contributed by atoms with Gasteiger partial charge >= 0.3 is 0 Å². The van der Waals surface area contributed by atoms with Gasteiger partial charge in [0.2, 0.25) is 9.84 Å². The van der Waals surface area contributed by atoms with E-state index in [1.807, 2.05) is 36.4 Å². The highest BCUT2D eigenvalue weighted by atomic mass is 32.2. The second-order valence-electron chi connectivity index (χ2n) is 7.52. The summed E-state index contributed by atoms with van der Waals surface area (Å²) in [6.45, 7) is 4.65. The Morgan fingerprint density at radius 3 is 2.65 bits per heavy atom. The molecule has 0 saturated heterocycles. The molecule has 162 valence electrons. The number of benzene rings is 3. The molecule has 0 aliphatic heterocycles. The molecule has 0 unspecified atom stereocenters. The number of unbranched alkanes of at least 4 members (excludes halogenated alkanes) is 1. The molecule has 4 aromatic rings. The number of aromatic amines is 1. The molecule has 31 heavy (non-hydrogen) atoms. The Hall–Kier alpha value is -2.90. The Labute approximate surface area is 182 Å². The zero-order valence-electron chi connectivity index (χ0n) is 17.6. The van der Waals surface area contributed by atoms with E-state index in [1.54, 1.807) is 24.3 Å². The molecule has 1 heterocycles. The van der Waals surface area contributed by atoms with E-state index >= 15 is 0 Å². The number of rotatable bonds is 10. The first-order valence-corrected chi connectivity index (χ1v) is 12.1. The van der Waals surface area contributed by atoms with E-state index in [4.69, 9.17) is 4.74 Å². The Bertz CT molecular complexity index is 1280. The van der Waals surface area contributed by atoms with E-state index in [-0.39, 0.29) is 9.92 Å². The van der Waals surface area contributed by atoms with Crippen LogP contribution in [0.15, 0.2) is 70.6 Å². The quantitative estimate of drug-likeness (QED) is 0.351. The van der Waals surface area contributed by atoms with Crippen LogP contribution in [0.25, 0.3) is 21.7 Å². The summed E-state index contributed by atoms with van der Waals surface area (Å²) >= 11 is 0. The van der Waals surface area contributed by atoms with Crippen molar-refractivity contribution in [2.75, 3.05) is 19.7 Å². The van der Waals surface area contributed by atoms with Crippen molar-refractivity contribution < 1.29 is 13.2 Å². The minimum absolute atomic E-state index is 0.0190. The van der Waals surface area contributed by atoms with E-state index in [2.05, 4.69) is 22.4 Å². The van der Waals surface area contributed by atoms with Gasteiger partial charge in [0.25, 0.3) is 0 Å². The van der Waals surface area contributed by atoms with Crippen molar-refractivity contribution in [1.29, 1.82) is 0 Å². The summed E-state index contributed by atoms with van der Waals surface area (Å²) in [5, 5.41) is 12.5. The maximum atomic E-state index is 13.5. The second-order valence-corrected chi connectivity index (χ2v) is 9.36. The Kier molecular flexibility index (Phi) is 6.53. The first kappa shape index (κ1) is 21.3. The number of nitrogens with zero attached hydrogens (tertiary/aromatic N) is 1. The number of nitrogens with one attached hydrogen (secondary N) is 2. The summed E-state index contributed by atoms with van der Waals surface area (Å²) in [7, 11) is -3.81. The van der Waals surface area contributed by atoms with Gasteiger partial charge in [0.05, 0.1) is 17.0 Å². The molecule has 3 aromatic carbocycles. The van der Waals surface area contributed by atoms with Gasteiger partial charge in [0, 0.05) is 10.8 Å². The minimum Gasteiger partial charge on any atom is -0.494 e. The number of fused-ring (bicyclic) bond motifs is 2. The molecule has 7 heteroatoms. The third-order valence-electron chi connectivity index (χ3n) is 5.27. The standard InChI is InChI=1S/C24H27N3O3S/c1-2-3-14-25-15-7-16-30-19-12-13-22-21(17-19)24(27-26-22)31(28,29)23-11-6-9-18-8-4-5-10-20(18)23/h4-6,8-13,17,25H,2-3,7,14-16H2,1H3,(H,26,27). The average Bonchev–Trinajstić information content (AvgIpc) is 3.22. The van der Waals surface area contributed by atoms with Gasteiger partial charge in [-0.15, -0.1) is 0 Å². The van der Waals surface area contributed by atoms with Crippen LogP contribution < -0.4 is 10.1 Å². The lowest BCUT2D eigenvalue weighted by atomic mass is 10.1. The number of hydrogen-bond donors (Lipinski definition) is 2.